The van der Waals surface area contributed by atoms with E-state index in [9.17, 15) is 0 Å². The van der Waals surface area contributed by atoms with Crippen molar-refractivity contribution in [2.75, 3.05) is 19.0 Å². The number of methoxy groups -OCH3 is 1. The maximum Gasteiger partial charge on any atom is 0.122 e. The summed E-state index contributed by atoms with van der Waals surface area (Å²) < 4.78 is 10.8. The van der Waals surface area contributed by atoms with Crippen LogP contribution in [-0.2, 0) is 6.42 Å². The monoisotopic (exact) mass is 283 g/mol. The zero-order chi connectivity index (χ0) is 14.8. The van der Waals surface area contributed by atoms with E-state index in [0.717, 1.165) is 30.2 Å². The molecule has 2 aromatic rings. The van der Waals surface area contributed by atoms with Gasteiger partial charge in [-0.3, -0.25) is 0 Å². The Morgan fingerprint density at radius 3 is 2.81 bits per heavy atom. The van der Waals surface area contributed by atoms with Gasteiger partial charge in [0.15, 0.2) is 0 Å². The van der Waals surface area contributed by atoms with Crippen molar-refractivity contribution in [3.05, 3.63) is 53.1 Å². The quantitative estimate of drug-likeness (QED) is 0.916. The lowest BCUT2D eigenvalue weighted by Gasteiger charge is -2.18. The van der Waals surface area contributed by atoms with E-state index >= 15 is 0 Å². The number of anilines is 1. The number of fused-ring (bicyclic) bond motifs is 1. The molecule has 1 heterocycles. The van der Waals surface area contributed by atoms with E-state index in [1.54, 1.807) is 7.11 Å². The average molecular weight is 283 g/mol. The van der Waals surface area contributed by atoms with Gasteiger partial charge in [-0.1, -0.05) is 6.07 Å². The Kier molecular flexibility index (Phi) is 3.74. The van der Waals surface area contributed by atoms with Gasteiger partial charge in [-0.05, 0) is 60.9 Å². The summed E-state index contributed by atoms with van der Waals surface area (Å²) in [5.41, 5.74) is 4.92. The van der Waals surface area contributed by atoms with Crippen LogP contribution >= 0.6 is 0 Å². The van der Waals surface area contributed by atoms with Gasteiger partial charge in [0.2, 0.25) is 0 Å². The van der Waals surface area contributed by atoms with Crippen molar-refractivity contribution in [1.29, 1.82) is 0 Å². The zero-order valence-corrected chi connectivity index (χ0v) is 12.8. The standard InChI is InChI=1S/C18H21NO2/c1-12-10-16(20-3)5-6-17(12)19-13(2)14-4-7-18-15(11-14)8-9-21-18/h4-7,10-11,13,19H,8-9H2,1-3H3. The molecule has 0 aromatic heterocycles. The van der Waals surface area contributed by atoms with Crippen molar-refractivity contribution in [3.8, 4) is 11.5 Å². The molecular formula is C18H21NO2. The normalized spacial score (nSPS) is 14.2. The Hall–Kier alpha value is -2.16. The van der Waals surface area contributed by atoms with Gasteiger partial charge >= 0.3 is 0 Å². The molecule has 0 spiro atoms. The Morgan fingerprint density at radius 1 is 1.19 bits per heavy atom. The number of hydrogen-bond donors (Lipinski definition) is 1. The van der Waals surface area contributed by atoms with Gasteiger partial charge in [0, 0.05) is 18.2 Å². The number of benzene rings is 2. The van der Waals surface area contributed by atoms with E-state index in [1.165, 1.54) is 16.7 Å². The topological polar surface area (TPSA) is 30.5 Å². The Bertz CT molecular complexity index is 652. The van der Waals surface area contributed by atoms with Crippen LogP contribution in [0.5, 0.6) is 11.5 Å². The molecule has 3 heteroatoms. The van der Waals surface area contributed by atoms with Crippen molar-refractivity contribution in [2.45, 2.75) is 26.3 Å². The minimum Gasteiger partial charge on any atom is -0.497 e. The van der Waals surface area contributed by atoms with Crippen molar-refractivity contribution >= 4 is 5.69 Å². The van der Waals surface area contributed by atoms with Gasteiger partial charge in [0.05, 0.1) is 13.7 Å². The van der Waals surface area contributed by atoms with Gasteiger partial charge in [-0.15, -0.1) is 0 Å². The Morgan fingerprint density at radius 2 is 2.05 bits per heavy atom. The van der Waals surface area contributed by atoms with E-state index in [2.05, 4.69) is 43.4 Å². The van der Waals surface area contributed by atoms with Crippen molar-refractivity contribution in [1.82, 2.24) is 0 Å². The molecule has 110 valence electrons. The molecule has 0 aliphatic carbocycles. The maximum atomic E-state index is 5.56. The minimum absolute atomic E-state index is 0.253. The maximum absolute atomic E-state index is 5.56. The van der Waals surface area contributed by atoms with Crippen LogP contribution < -0.4 is 14.8 Å². The molecular weight excluding hydrogens is 262 g/mol. The summed E-state index contributed by atoms with van der Waals surface area (Å²) in [6.45, 7) is 5.08. The third-order valence-corrected chi connectivity index (χ3v) is 4.02. The Balaban J connectivity index is 1.78. The van der Waals surface area contributed by atoms with Crippen LogP contribution in [0, 0.1) is 6.92 Å². The summed E-state index contributed by atoms with van der Waals surface area (Å²) >= 11 is 0. The molecule has 3 nitrogen and oxygen atoms in total. The SMILES string of the molecule is COc1ccc(NC(C)c2ccc3c(c2)CCO3)c(C)c1. The fourth-order valence-corrected chi connectivity index (χ4v) is 2.72. The van der Waals surface area contributed by atoms with E-state index in [1.807, 2.05) is 12.1 Å². The van der Waals surface area contributed by atoms with Gasteiger partial charge in [0.25, 0.3) is 0 Å². The molecule has 0 bridgehead atoms. The van der Waals surface area contributed by atoms with Crippen molar-refractivity contribution in [2.24, 2.45) is 0 Å². The Labute approximate surface area is 125 Å². The summed E-state index contributed by atoms with van der Waals surface area (Å²) in [7, 11) is 1.69. The van der Waals surface area contributed by atoms with Crippen LogP contribution in [0.1, 0.15) is 29.7 Å². The first-order valence-corrected chi connectivity index (χ1v) is 7.34. The van der Waals surface area contributed by atoms with Gasteiger partial charge in [0.1, 0.15) is 11.5 Å². The average Bonchev–Trinajstić information content (AvgIpc) is 2.96. The first-order valence-electron chi connectivity index (χ1n) is 7.34. The molecule has 0 fully saturated rings. The second kappa shape index (κ2) is 5.68. The van der Waals surface area contributed by atoms with Crippen LogP contribution in [0.2, 0.25) is 0 Å². The molecule has 1 atom stereocenters. The number of aryl methyl sites for hydroxylation is 1. The molecule has 0 radical (unpaired) electrons. The second-order valence-corrected chi connectivity index (χ2v) is 5.51. The van der Waals surface area contributed by atoms with Gasteiger partial charge in [-0.25, -0.2) is 0 Å². The fraction of sp³-hybridized carbons (Fsp3) is 0.333. The van der Waals surface area contributed by atoms with E-state index in [-0.39, 0.29) is 6.04 Å². The molecule has 1 aliphatic rings. The first kappa shape index (κ1) is 13.8. The van der Waals surface area contributed by atoms with E-state index < -0.39 is 0 Å². The highest BCUT2D eigenvalue weighted by atomic mass is 16.5. The predicted molar refractivity (Wildman–Crippen MR) is 85.4 cm³/mol. The number of hydrogen-bond acceptors (Lipinski definition) is 3. The first-order chi connectivity index (χ1) is 10.2. The number of ether oxygens (including phenoxy) is 2. The van der Waals surface area contributed by atoms with E-state index in [0.29, 0.717) is 0 Å². The van der Waals surface area contributed by atoms with Crippen LogP contribution in [0.25, 0.3) is 0 Å². The highest BCUT2D eigenvalue weighted by molar-refractivity contribution is 5.55. The van der Waals surface area contributed by atoms with Crippen LogP contribution in [0.3, 0.4) is 0 Å². The third kappa shape index (κ3) is 2.82. The highest BCUT2D eigenvalue weighted by Crippen LogP contribution is 2.30. The molecule has 0 saturated carbocycles. The molecule has 3 rings (SSSR count). The summed E-state index contributed by atoms with van der Waals surface area (Å²) in [6, 6.07) is 12.8. The van der Waals surface area contributed by atoms with E-state index in [4.69, 9.17) is 9.47 Å². The molecule has 0 amide bonds. The molecule has 1 unspecified atom stereocenters. The second-order valence-electron chi connectivity index (χ2n) is 5.51. The summed E-state index contributed by atoms with van der Waals surface area (Å²) in [6.07, 6.45) is 1.01. The van der Waals surface area contributed by atoms with Crippen LogP contribution in [0.15, 0.2) is 36.4 Å². The zero-order valence-electron chi connectivity index (χ0n) is 12.8. The summed E-state index contributed by atoms with van der Waals surface area (Å²) in [5, 5.41) is 3.57. The molecule has 0 saturated heterocycles. The molecule has 1 N–H and O–H groups in total. The molecule has 1 aliphatic heterocycles. The summed E-state index contributed by atoms with van der Waals surface area (Å²) in [4.78, 5) is 0. The van der Waals surface area contributed by atoms with Crippen molar-refractivity contribution in [3.63, 3.8) is 0 Å². The van der Waals surface area contributed by atoms with Crippen LogP contribution in [0.4, 0.5) is 5.69 Å². The highest BCUT2D eigenvalue weighted by Gasteiger charge is 2.15. The summed E-state index contributed by atoms with van der Waals surface area (Å²) in [5.74, 6) is 1.92. The number of rotatable bonds is 4. The lowest BCUT2D eigenvalue weighted by molar-refractivity contribution is 0.357. The lowest BCUT2D eigenvalue weighted by Crippen LogP contribution is -2.08. The molecule has 21 heavy (non-hydrogen) atoms. The third-order valence-electron chi connectivity index (χ3n) is 4.02. The lowest BCUT2D eigenvalue weighted by atomic mass is 10.0. The largest absolute Gasteiger partial charge is 0.497 e. The minimum atomic E-state index is 0.253. The smallest absolute Gasteiger partial charge is 0.122 e. The van der Waals surface area contributed by atoms with Gasteiger partial charge < -0.3 is 14.8 Å². The van der Waals surface area contributed by atoms with Crippen molar-refractivity contribution < 1.29 is 9.47 Å². The number of nitrogens with one attached hydrogen (secondary N) is 1. The molecule has 2 aromatic carbocycles. The van der Waals surface area contributed by atoms with Gasteiger partial charge in [-0.2, -0.15) is 0 Å². The fourth-order valence-electron chi connectivity index (χ4n) is 2.72. The predicted octanol–water partition coefficient (Wildman–Crippen LogP) is 4.11. The van der Waals surface area contributed by atoms with Crippen LogP contribution in [-0.4, -0.2) is 13.7 Å².